The maximum atomic E-state index is 13.3. The van der Waals surface area contributed by atoms with E-state index in [0.717, 1.165) is 11.1 Å². The number of nitrogens with two attached hydrogens (primary N) is 1. The van der Waals surface area contributed by atoms with E-state index in [9.17, 15) is 22.8 Å². The SMILES string of the molecule is CN1CCN(C(=O)Cn2nc(C(F)(F)F)c3c2CCCC3)C(C(N)=O)C1. The molecule has 0 bridgehead atoms. The van der Waals surface area contributed by atoms with Crippen molar-refractivity contribution in [3.05, 3.63) is 17.0 Å². The minimum Gasteiger partial charge on any atom is -0.368 e. The number of likely N-dealkylation sites (N-methyl/N-ethyl adjacent to an activating group) is 1. The van der Waals surface area contributed by atoms with Gasteiger partial charge >= 0.3 is 6.18 Å². The zero-order valence-corrected chi connectivity index (χ0v) is 14.6. The van der Waals surface area contributed by atoms with Gasteiger partial charge < -0.3 is 15.5 Å². The van der Waals surface area contributed by atoms with Crippen LogP contribution in [0.15, 0.2) is 0 Å². The maximum absolute atomic E-state index is 13.3. The summed E-state index contributed by atoms with van der Waals surface area (Å²) in [6, 6.07) is -0.783. The fraction of sp³-hybridized carbons (Fsp3) is 0.688. The summed E-state index contributed by atoms with van der Waals surface area (Å²) in [5, 5.41) is 3.70. The fourth-order valence-electron chi connectivity index (χ4n) is 3.71. The van der Waals surface area contributed by atoms with Gasteiger partial charge in [-0.3, -0.25) is 14.3 Å². The molecule has 1 aliphatic carbocycles. The Morgan fingerprint density at radius 2 is 1.92 bits per heavy atom. The summed E-state index contributed by atoms with van der Waals surface area (Å²) < 4.78 is 40.9. The quantitative estimate of drug-likeness (QED) is 0.832. The predicted octanol–water partition coefficient (Wildman–Crippen LogP) is 0.409. The van der Waals surface area contributed by atoms with Crippen LogP contribution in [-0.4, -0.2) is 64.1 Å². The molecule has 1 fully saturated rings. The van der Waals surface area contributed by atoms with E-state index >= 15 is 0 Å². The normalized spacial score (nSPS) is 21.5. The van der Waals surface area contributed by atoms with E-state index in [1.807, 2.05) is 11.9 Å². The Kier molecular flexibility index (Phi) is 4.96. The van der Waals surface area contributed by atoms with Crippen molar-refractivity contribution >= 4 is 11.8 Å². The molecule has 1 atom stereocenters. The van der Waals surface area contributed by atoms with Crippen LogP contribution in [0.1, 0.15) is 29.8 Å². The smallest absolute Gasteiger partial charge is 0.368 e. The number of amides is 2. The number of nitrogens with zero attached hydrogens (tertiary/aromatic N) is 4. The highest BCUT2D eigenvalue weighted by Gasteiger charge is 2.40. The number of piperazine rings is 1. The number of aromatic nitrogens is 2. The molecule has 26 heavy (non-hydrogen) atoms. The van der Waals surface area contributed by atoms with E-state index in [1.54, 1.807) is 0 Å². The molecule has 1 aromatic heterocycles. The van der Waals surface area contributed by atoms with Gasteiger partial charge in [0, 0.05) is 30.9 Å². The van der Waals surface area contributed by atoms with Crippen molar-refractivity contribution in [2.75, 3.05) is 26.7 Å². The number of fused-ring (bicyclic) bond motifs is 1. The minimum atomic E-state index is -4.54. The third-order valence-corrected chi connectivity index (χ3v) is 5.04. The van der Waals surface area contributed by atoms with Gasteiger partial charge in [0.1, 0.15) is 12.6 Å². The molecule has 1 saturated heterocycles. The van der Waals surface area contributed by atoms with Crippen LogP contribution in [0.25, 0.3) is 0 Å². The number of halogens is 3. The van der Waals surface area contributed by atoms with Crippen LogP contribution < -0.4 is 5.73 Å². The first kappa shape index (κ1) is 18.7. The zero-order chi connectivity index (χ0) is 19.1. The van der Waals surface area contributed by atoms with Gasteiger partial charge in [-0.2, -0.15) is 18.3 Å². The van der Waals surface area contributed by atoms with Gasteiger partial charge in [-0.25, -0.2) is 0 Å². The van der Waals surface area contributed by atoms with Crippen molar-refractivity contribution in [2.45, 2.75) is 44.4 Å². The van der Waals surface area contributed by atoms with E-state index in [2.05, 4.69) is 5.10 Å². The first-order valence-corrected chi connectivity index (χ1v) is 8.61. The molecule has 0 aromatic carbocycles. The summed E-state index contributed by atoms with van der Waals surface area (Å²) in [5.74, 6) is -1.06. The number of carbonyl (C=O) groups excluding carboxylic acids is 2. The van der Waals surface area contributed by atoms with Crippen LogP contribution >= 0.6 is 0 Å². The highest BCUT2D eigenvalue weighted by molar-refractivity contribution is 5.87. The summed E-state index contributed by atoms with van der Waals surface area (Å²) in [5.41, 5.74) is 5.16. The van der Waals surface area contributed by atoms with Gasteiger partial charge in [0.25, 0.3) is 0 Å². The molecule has 0 radical (unpaired) electrons. The lowest BCUT2D eigenvalue weighted by Crippen LogP contribution is -2.59. The van der Waals surface area contributed by atoms with E-state index in [4.69, 9.17) is 5.73 Å². The van der Waals surface area contributed by atoms with Crippen molar-refractivity contribution in [3.63, 3.8) is 0 Å². The molecule has 1 aromatic rings. The third-order valence-electron chi connectivity index (χ3n) is 5.04. The summed E-state index contributed by atoms with van der Waals surface area (Å²) in [4.78, 5) is 27.6. The molecule has 2 amide bonds. The summed E-state index contributed by atoms with van der Waals surface area (Å²) in [7, 11) is 1.82. The van der Waals surface area contributed by atoms with Crippen LogP contribution in [0.3, 0.4) is 0 Å². The number of alkyl halides is 3. The van der Waals surface area contributed by atoms with Crippen LogP contribution in [0.2, 0.25) is 0 Å². The average Bonchev–Trinajstić information content (AvgIpc) is 2.93. The molecule has 2 heterocycles. The Labute approximate surface area is 148 Å². The monoisotopic (exact) mass is 373 g/mol. The fourth-order valence-corrected chi connectivity index (χ4v) is 3.71. The lowest BCUT2D eigenvalue weighted by molar-refractivity contribution is -0.144. The van der Waals surface area contributed by atoms with Crippen LogP contribution in [0.4, 0.5) is 13.2 Å². The van der Waals surface area contributed by atoms with Crippen LogP contribution in [0.5, 0.6) is 0 Å². The number of rotatable bonds is 3. The van der Waals surface area contributed by atoms with E-state index in [0.29, 0.717) is 44.6 Å². The minimum absolute atomic E-state index is 0.196. The number of hydrogen-bond donors (Lipinski definition) is 1. The Hall–Kier alpha value is -2.10. The Morgan fingerprint density at radius 3 is 2.58 bits per heavy atom. The van der Waals surface area contributed by atoms with Gasteiger partial charge in [0.05, 0.1) is 0 Å². The molecular weight excluding hydrogens is 351 g/mol. The van der Waals surface area contributed by atoms with Gasteiger partial charge in [-0.1, -0.05) is 0 Å². The van der Waals surface area contributed by atoms with Gasteiger partial charge in [0.15, 0.2) is 5.69 Å². The molecule has 1 unspecified atom stereocenters. The highest BCUT2D eigenvalue weighted by Crippen LogP contribution is 2.35. The standard InChI is InChI=1S/C16H22F3N5O2/c1-22-6-7-23(12(8-22)15(20)26)13(25)9-24-11-5-3-2-4-10(11)14(21-24)16(17,18)19/h12H,2-9H2,1H3,(H2,20,26). The second-order valence-corrected chi connectivity index (χ2v) is 6.90. The lowest BCUT2D eigenvalue weighted by atomic mass is 9.95. The number of hydrogen-bond acceptors (Lipinski definition) is 4. The van der Waals surface area contributed by atoms with Crippen molar-refractivity contribution in [2.24, 2.45) is 5.73 Å². The summed E-state index contributed by atoms with van der Waals surface area (Å²) in [6.45, 7) is 0.872. The lowest BCUT2D eigenvalue weighted by Gasteiger charge is -2.38. The van der Waals surface area contributed by atoms with Crippen molar-refractivity contribution in [1.82, 2.24) is 19.6 Å². The molecule has 144 valence electrons. The molecule has 10 heteroatoms. The van der Waals surface area contributed by atoms with Crippen molar-refractivity contribution in [3.8, 4) is 0 Å². The molecule has 7 nitrogen and oxygen atoms in total. The average molecular weight is 373 g/mol. The molecule has 1 aliphatic heterocycles. The summed E-state index contributed by atoms with van der Waals surface area (Å²) >= 11 is 0. The largest absolute Gasteiger partial charge is 0.435 e. The van der Waals surface area contributed by atoms with Gasteiger partial charge in [-0.05, 0) is 32.7 Å². The number of primary amides is 1. The Morgan fingerprint density at radius 1 is 1.23 bits per heavy atom. The topological polar surface area (TPSA) is 84.5 Å². The second kappa shape index (κ2) is 6.90. The maximum Gasteiger partial charge on any atom is 0.435 e. The van der Waals surface area contributed by atoms with Gasteiger partial charge in [-0.15, -0.1) is 0 Å². The Bertz CT molecular complexity index is 715. The predicted molar refractivity (Wildman–Crippen MR) is 86.1 cm³/mol. The third kappa shape index (κ3) is 3.55. The van der Waals surface area contributed by atoms with Crippen molar-refractivity contribution in [1.29, 1.82) is 0 Å². The zero-order valence-electron chi connectivity index (χ0n) is 14.6. The van der Waals surface area contributed by atoms with Crippen LogP contribution in [-0.2, 0) is 35.2 Å². The second-order valence-electron chi connectivity index (χ2n) is 6.90. The van der Waals surface area contributed by atoms with E-state index < -0.39 is 29.7 Å². The molecular formula is C16H22F3N5O2. The highest BCUT2D eigenvalue weighted by atomic mass is 19.4. The molecule has 0 saturated carbocycles. The van der Waals surface area contributed by atoms with E-state index in [-0.39, 0.29) is 12.1 Å². The van der Waals surface area contributed by atoms with Crippen LogP contribution in [0, 0.1) is 0 Å². The molecule has 2 aliphatic rings. The first-order chi connectivity index (χ1) is 12.2. The van der Waals surface area contributed by atoms with Gasteiger partial charge in [0.2, 0.25) is 11.8 Å². The summed E-state index contributed by atoms with van der Waals surface area (Å²) in [6.07, 6.45) is -2.32. The van der Waals surface area contributed by atoms with E-state index in [1.165, 1.54) is 4.90 Å². The Balaban J connectivity index is 1.85. The number of carbonyl (C=O) groups is 2. The molecule has 3 rings (SSSR count). The molecule has 0 spiro atoms. The first-order valence-electron chi connectivity index (χ1n) is 8.61. The molecule has 2 N–H and O–H groups in total. The van der Waals surface area contributed by atoms with Crippen molar-refractivity contribution < 1.29 is 22.8 Å².